The minimum absolute atomic E-state index is 0. The number of hydrogen-bond acceptors (Lipinski definition) is 9. The molecule has 0 fully saturated rings. The van der Waals surface area contributed by atoms with Gasteiger partial charge in [0.2, 0.25) is 10.7 Å². The van der Waals surface area contributed by atoms with Crippen LogP contribution in [0.4, 0.5) is 5.95 Å². The number of H-pyrrole nitrogens is 2. The van der Waals surface area contributed by atoms with Gasteiger partial charge in [0.25, 0.3) is 11.1 Å². The second-order valence-electron chi connectivity index (χ2n) is 10.6. The zero-order valence-electron chi connectivity index (χ0n) is 25.0. The molecular formula is C30H31Cl3N6O6S. The van der Waals surface area contributed by atoms with Crippen LogP contribution in [-0.2, 0) is 19.4 Å². The zero-order valence-corrected chi connectivity index (χ0v) is 28.1. The third-order valence-electron chi connectivity index (χ3n) is 7.27. The maximum absolute atomic E-state index is 12.5. The molecule has 0 aliphatic heterocycles. The summed E-state index contributed by atoms with van der Waals surface area (Å²) in [5.74, 6) is -1.56. The number of halogens is 3. The Morgan fingerprint density at radius 2 is 1.43 bits per heavy atom. The SMILES string of the molecule is C[C@H](N)c1cc2cc(Cl)ccc2[nH]c1=O.C[C@H](Nc1nccc(C(C)(C(=O)O)S(C)(=O)=O)n1)c1cc2cc(Cl)ccc2[nH]c1=O.Cl. The predicted octanol–water partition coefficient (Wildman–Crippen LogP) is 5.11. The van der Waals surface area contributed by atoms with Crippen molar-refractivity contribution in [3.63, 3.8) is 0 Å². The number of fused-ring (bicyclic) bond motifs is 2. The minimum atomic E-state index is -4.03. The molecule has 3 heterocycles. The number of anilines is 1. The van der Waals surface area contributed by atoms with Crippen molar-refractivity contribution in [2.24, 2.45) is 5.73 Å². The third kappa shape index (κ3) is 7.68. The van der Waals surface area contributed by atoms with Crippen LogP contribution >= 0.6 is 35.6 Å². The molecule has 0 spiro atoms. The largest absolute Gasteiger partial charge is 0.480 e. The van der Waals surface area contributed by atoms with Gasteiger partial charge in [-0.25, -0.2) is 18.4 Å². The van der Waals surface area contributed by atoms with Crippen LogP contribution in [0.1, 0.15) is 49.7 Å². The van der Waals surface area contributed by atoms with Crippen molar-refractivity contribution in [3.8, 4) is 0 Å². The quantitative estimate of drug-likeness (QED) is 0.151. The molecule has 0 radical (unpaired) electrons. The van der Waals surface area contributed by atoms with E-state index in [1.54, 1.807) is 62.4 Å². The smallest absolute Gasteiger partial charge is 0.330 e. The number of aromatic amines is 2. The van der Waals surface area contributed by atoms with Crippen molar-refractivity contribution < 1.29 is 18.3 Å². The predicted molar refractivity (Wildman–Crippen MR) is 183 cm³/mol. The summed E-state index contributed by atoms with van der Waals surface area (Å²) in [7, 11) is -4.03. The second-order valence-corrected chi connectivity index (χ2v) is 13.8. The lowest BCUT2D eigenvalue weighted by atomic mass is 10.1. The standard InChI is InChI=1S/C19H19ClN4O5S.C11H11ClN2O.ClH/c1-10(13-9-11-8-12(20)4-5-14(11)23-16(13)25)22-18-21-7-6-15(24-18)19(2,17(26)27)30(3,28)29;1-6(13)9-5-7-4-8(12)2-3-10(7)14-11(9)15;/h4-10H,1-3H3,(H,23,25)(H,26,27)(H,21,22,24);2-6H,13H2,1H3,(H,14,15);1H/t10-,19?;6-;/m00./s1. The molecule has 1 unspecified atom stereocenters. The Morgan fingerprint density at radius 1 is 0.935 bits per heavy atom. The molecule has 244 valence electrons. The summed E-state index contributed by atoms with van der Waals surface area (Å²) in [6.45, 7) is 4.54. The molecule has 2 aromatic carbocycles. The highest BCUT2D eigenvalue weighted by atomic mass is 35.5. The minimum Gasteiger partial charge on any atom is -0.480 e. The molecule has 0 amide bonds. The molecule has 0 bridgehead atoms. The van der Waals surface area contributed by atoms with Crippen LogP contribution in [0.5, 0.6) is 0 Å². The first-order chi connectivity index (χ1) is 21.0. The fourth-order valence-electron chi connectivity index (χ4n) is 4.47. The molecule has 6 N–H and O–H groups in total. The first-order valence-electron chi connectivity index (χ1n) is 13.4. The number of nitrogens with one attached hydrogen (secondary N) is 3. The highest BCUT2D eigenvalue weighted by molar-refractivity contribution is 7.92. The van der Waals surface area contributed by atoms with Gasteiger partial charge < -0.3 is 26.1 Å². The Morgan fingerprint density at radius 3 is 1.91 bits per heavy atom. The van der Waals surface area contributed by atoms with Gasteiger partial charge in [0.15, 0.2) is 9.84 Å². The number of benzene rings is 2. The number of carboxylic acid groups (broad SMARTS) is 1. The lowest BCUT2D eigenvalue weighted by molar-refractivity contribution is -0.140. The van der Waals surface area contributed by atoms with Crippen LogP contribution in [0.25, 0.3) is 21.8 Å². The molecule has 12 nitrogen and oxygen atoms in total. The van der Waals surface area contributed by atoms with Gasteiger partial charge in [-0.15, -0.1) is 12.4 Å². The Kier molecular flexibility index (Phi) is 11.2. The van der Waals surface area contributed by atoms with Crippen LogP contribution < -0.4 is 22.2 Å². The monoisotopic (exact) mass is 708 g/mol. The number of carboxylic acids is 1. The maximum Gasteiger partial charge on any atom is 0.330 e. The summed E-state index contributed by atoms with van der Waals surface area (Å²) >= 11 is 11.9. The number of nitrogens with two attached hydrogens (primary N) is 1. The van der Waals surface area contributed by atoms with E-state index in [0.717, 1.165) is 29.5 Å². The van der Waals surface area contributed by atoms with Crippen molar-refractivity contribution in [2.75, 3.05) is 11.6 Å². The summed E-state index contributed by atoms with van der Waals surface area (Å²) in [5.41, 5.74) is 7.38. The van der Waals surface area contributed by atoms with Gasteiger partial charge in [-0.1, -0.05) is 23.2 Å². The molecule has 16 heteroatoms. The Balaban J connectivity index is 0.000000302. The highest BCUT2D eigenvalue weighted by Crippen LogP contribution is 2.29. The number of aromatic nitrogens is 4. The third-order valence-corrected chi connectivity index (χ3v) is 9.60. The van der Waals surface area contributed by atoms with Crippen LogP contribution in [0.2, 0.25) is 10.0 Å². The number of aliphatic carboxylic acids is 1. The number of pyridine rings is 2. The topological polar surface area (TPSA) is 201 Å². The molecule has 5 rings (SSSR count). The Bertz CT molecular complexity index is 2160. The van der Waals surface area contributed by atoms with Crippen molar-refractivity contribution in [1.29, 1.82) is 0 Å². The summed E-state index contributed by atoms with van der Waals surface area (Å²) < 4.78 is 22.0. The van der Waals surface area contributed by atoms with Gasteiger partial charge in [-0.2, -0.15) is 0 Å². The van der Waals surface area contributed by atoms with Crippen LogP contribution in [-0.4, -0.2) is 45.7 Å². The fraction of sp³-hybridized carbons (Fsp3) is 0.233. The summed E-state index contributed by atoms with van der Waals surface area (Å²) in [4.78, 5) is 49.4. The van der Waals surface area contributed by atoms with Gasteiger partial charge >= 0.3 is 5.97 Å². The zero-order chi connectivity index (χ0) is 33.3. The van der Waals surface area contributed by atoms with Crippen LogP contribution in [0.3, 0.4) is 0 Å². The molecule has 0 saturated heterocycles. The normalized spacial score (nSPS) is 13.9. The van der Waals surface area contributed by atoms with Crippen molar-refractivity contribution in [2.45, 2.75) is 37.6 Å². The van der Waals surface area contributed by atoms with E-state index in [1.165, 1.54) is 12.3 Å². The lowest BCUT2D eigenvalue weighted by Crippen LogP contribution is -2.41. The molecule has 0 aliphatic carbocycles. The van der Waals surface area contributed by atoms with Gasteiger partial charge in [0.1, 0.15) is 0 Å². The summed E-state index contributed by atoms with van der Waals surface area (Å²) in [5, 5.41) is 15.2. The number of nitrogens with zero attached hydrogens (tertiary/aromatic N) is 2. The van der Waals surface area contributed by atoms with Crippen LogP contribution in [0, 0.1) is 0 Å². The van der Waals surface area contributed by atoms with E-state index < -0.39 is 26.6 Å². The van der Waals surface area contributed by atoms with Crippen molar-refractivity contribution >= 4 is 79.2 Å². The highest BCUT2D eigenvalue weighted by Gasteiger charge is 2.47. The van der Waals surface area contributed by atoms with E-state index in [0.29, 0.717) is 26.7 Å². The van der Waals surface area contributed by atoms with Gasteiger partial charge in [-0.05, 0) is 75.4 Å². The first-order valence-corrected chi connectivity index (χ1v) is 16.1. The lowest BCUT2D eigenvalue weighted by Gasteiger charge is -2.23. The number of rotatable bonds is 7. The number of sulfone groups is 1. The van der Waals surface area contributed by atoms with Crippen molar-refractivity contribution in [3.05, 3.63) is 108 Å². The molecule has 3 aromatic heterocycles. The van der Waals surface area contributed by atoms with Crippen molar-refractivity contribution in [1.82, 2.24) is 19.9 Å². The Hall–Kier alpha value is -4.01. The maximum atomic E-state index is 12.5. The van der Waals surface area contributed by atoms with E-state index >= 15 is 0 Å². The Labute approximate surface area is 279 Å². The molecule has 0 aliphatic rings. The second kappa shape index (κ2) is 14.2. The van der Waals surface area contributed by atoms with Crippen LogP contribution in [0.15, 0.2) is 70.4 Å². The average Bonchev–Trinajstić information content (AvgIpc) is 2.96. The molecule has 0 saturated carbocycles. The van der Waals surface area contributed by atoms with Gasteiger partial charge in [0, 0.05) is 61.5 Å². The van der Waals surface area contributed by atoms with E-state index in [4.69, 9.17) is 28.9 Å². The number of hydrogen-bond donors (Lipinski definition) is 5. The van der Waals surface area contributed by atoms with E-state index in [9.17, 15) is 27.9 Å². The van der Waals surface area contributed by atoms with E-state index in [-0.39, 0.29) is 41.2 Å². The summed E-state index contributed by atoms with van der Waals surface area (Å²) in [6.07, 6.45) is 2.09. The molecule has 3 atom stereocenters. The summed E-state index contributed by atoms with van der Waals surface area (Å²) in [6, 6.07) is 14.3. The van der Waals surface area contributed by atoms with E-state index in [1.807, 2.05) is 0 Å². The molecular weight excluding hydrogens is 679 g/mol. The molecule has 46 heavy (non-hydrogen) atoms. The average molecular weight is 710 g/mol. The first kappa shape index (κ1) is 36.5. The van der Waals surface area contributed by atoms with Gasteiger partial charge in [0.05, 0.1) is 11.7 Å². The van der Waals surface area contributed by atoms with E-state index in [2.05, 4.69) is 25.3 Å². The molecule has 5 aromatic rings. The number of carbonyl (C=O) groups is 1. The van der Waals surface area contributed by atoms with Gasteiger partial charge in [-0.3, -0.25) is 14.4 Å². The fourth-order valence-corrected chi connectivity index (χ4v) is 5.64.